The summed E-state index contributed by atoms with van der Waals surface area (Å²) in [6, 6.07) is 12.2. The summed E-state index contributed by atoms with van der Waals surface area (Å²) in [5.41, 5.74) is 1.77. The Kier molecular flexibility index (Phi) is 6.36. The number of thiophene rings is 1. The summed E-state index contributed by atoms with van der Waals surface area (Å²) in [6.45, 7) is 5.79. The number of hydrogen-bond acceptors (Lipinski definition) is 5. The zero-order valence-electron chi connectivity index (χ0n) is 16.7. The van der Waals surface area contributed by atoms with Gasteiger partial charge in [-0.1, -0.05) is 25.1 Å². The number of benzene rings is 1. The number of aromatic nitrogens is 3. The lowest BCUT2D eigenvalue weighted by Gasteiger charge is -2.36. The Morgan fingerprint density at radius 1 is 1.24 bits per heavy atom. The summed E-state index contributed by atoms with van der Waals surface area (Å²) in [4.78, 5) is 20.5. The smallest absolute Gasteiger partial charge is 0.251 e. The fraction of sp³-hybridized carbons (Fsp3) is 0.409. The molecule has 1 aliphatic heterocycles. The minimum absolute atomic E-state index is 0.0239. The Bertz CT molecular complexity index is 884. The van der Waals surface area contributed by atoms with Crippen molar-refractivity contribution in [2.75, 3.05) is 19.6 Å². The van der Waals surface area contributed by atoms with Crippen molar-refractivity contribution in [3.05, 3.63) is 70.4 Å². The summed E-state index contributed by atoms with van der Waals surface area (Å²) >= 11 is 1.77. The molecule has 7 heteroatoms. The lowest BCUT2D eigenvalue weighted by Crippen LogP contribution is -2.41. The standard InChI is InChI=1S/C22H27N5OS/c1-17-8-10-26(11-9-17)20(21-3-2-12-29-21)13-24-22(28)19-6-4-18(5-7-19)14-27-16-23-15-25-27/h2-7,12,15-17,20H,8-11,13-14H2,1H3,(H,24,28). The largest absolute Gasteiger partial charge is 0.350 e. The van der Waals surface area contributed by atoms with E-state index in [0.717, 1.165) is 24.6 Å². The molecule has 3 heterocycles. The molecular formula is C22H27N5OS. The minimum atomic E-state index is -0.0239. The molecule has 29 heavy (non-hydrogen) atoms. The molecule has 0 aliphatic carbocycles. The van der Waals surface area contributed by atoms with E-state index in [0.29, 0.717) is 18.7 Å². The quantitative estimate of drug-likeness (QED) is 0.648. The zero-order chi connectivity index (χ0) is 20.1. The van der Waals surface area contributed by atoms with Crippen LogP contribution in [-0.2, 0) is 6.54 Å². The molecule has 1 amide bonds. The highest BCUT2D eigenvalue weighted by atomic mass is 32.1. The maximum Gasteiger partial charge on any atom is 0.251 e. The molecule has 152 valence electrons. The first kappa shape index (κ1) is 19.8. The summed E-state index contributed by atoms with van der Waals surface area (Å²) in [5.74, 6) is 0.769. The van der Waals surface area contributed by atoms with Crippen molar-refractivity contribution in [3.8, 4) is 0 Å². The van der Waals surface area contributed by atoms with Gasteiger partial charge >= 0.3 is 0 Å². The molecule has 0 spiro atoms. The molecule has 1 unspecified atom stereocenters. The van der Waals surface area contributed by atoms with Gasteiger partial charge in [0, 0.05) is 17.0 Å². The van der Waals surface area contributed by atoms with Crippen LogP contribution >= 0.6 is 11.3 Å². The SMILES string of the molecule is CC1CCN(C(CNC(=O)c2ccc(Cn3cncn3)cc2)c2cccs2)CC1. The van der Waals surface area contributed by atoms with Crippen molar-refractivity contribution in [2.24, 2.45) is 5.92 Å². The van der Waals surface area contributed by atoms with Gasteiger partial charge in [-0.2, -0.15) is 5.10 Å². The van der Waals surface area contributed by atoms with Gasteiger partial charge in [0.15, 0.2) is 0 Å². The lowest BCUT2D eigenvalue weighted by molar-refractivity contribution is 0.0915. The van der Waals surface area contributed by atoms with E-state index in [-0.39, 0.29) is 11.9 Å². The molecule has 6 nitrogen and oxygen atoms in total. The highest BCUT2D eigenvalue weighted by Crippen LogP contribution is 2.29. The van der Waals surface area contributed by atoms with E-state index < -0.39 is 0 Å². The van der Waals surface area contributed by atoms with Crippen LogP contribution in [0.25, 0.3) is 0 Å². The van der Waals surface area contributed by atoms with Crippen LogP contribution in [-0.4, -0.2) is 45.2 Å². The van der Waals surface area contributed by atoms with Gasteiger partial charge in [-0.15, -0.1) is 11.3 Å². The number of nitrogens with one attached hydrogen (secondary N) is 1. The van der Waals surface area contributed by atoms with Crippen LogP contribution in [0.1, 0.15) is 46.6 Å². The molecule has 3 aromatic rings. The van der Waals surface area contributed by atoms with Crippen LogP contribution in [0.5, 0.6) is 0 Å². The lowest BCUT2D eigenvalue weighted by atomic mass is 9.97. The maximum atomic E-state index is 12.7. The van der Waals surface area contributed by atoms with E-state index >= 15 is 0 Å². The minimum Gasteiger partial charge on any atom is -0.350 e. The zero-order valence-corrected chi connectivity index (χ0v) is 17.5. The molecule has 1 N–H and O–H groups in total. The second kappa shape index (κ2) is 9.33. The Hall–Kier alpha value is -2.51. The number of carbonyl (C=O) groups excluding carboxylic acids is 1. The first-order chi connectivity index (χ1) is 14.2. The predicted molar refractivity (Wildman–Crippen MR) is 115 cm³/mol. The Labute approximate surface area is 175 Å². The van der Waals surface area contributed by atoms with E-state index in [9.17, 15) is 4.79 Å². The molecule has 1 fully saturated rings. The Morgan fingerprint density at radius 2 is 2.03 bits per heavy atom. The van der Waals surface area contributed by atoms with Gasteiger partial charge in [-0.25, -0.2) is 9.67 Å². The van der Waals surface area contributed by atoms with Gasteiger partial charge < -0.3 is 5.32 Å². The third kappa shape index (κ3) is 5.10. The molecule has 4 rings (SSSR count). The fourth-order valence-electron chi connectivity index (χ4n) is 3.79. The monoisotopic (exact) mass is 409 g/mol. The molecule has 1 aromatic carbocycles. The number of hydrogen-bond donors (Lipinski definition) is 1. The Balaban J connectivity index is 1.37. The molecule has 0 radical (unpaired) electrons. The third-order valence-electron chi connectivity index (χ3n) is 5.61. The van der Waals surface area contributed by atoms with Crippen LogP contribution in [0.4, 0.5) is 0 Å². The molecule has 1 saturated heterocycles. The van der Waals surface area contributed by atoms with E-state index in [1.807, 2.05) is 24.3 Å². The van der Waals surface area contributed by atoms with E-state index in [1.165, 1.54) is 24.0 Å². The van der Waals surface area contributed by atoms with Gasteiger partial charge in [0.05, 0.1) is 12.6 Å². The van der Waals surface area contributed by atoms with Gasteiger partial charge in [0.25, 0.3) is 5.91 Å². The summed E-state index contributed by atoms with van der Waals surface area (Å²) < 4.78 is 1.76. The van der Waals surface area contributed by atoms with Crippen LogP contribution in [0.15, 0.2) is 54.4 Å². The third-order valence-corrected chi connectivity index (χ3v) is 6.59. The second-order valence-corrected chi connectivity index (χ2v) is 8.73. The number of amides is 1. The molecule has 1 atom stereocenters. The molecule has 0 bridgehead atoms. The first-order valence-electron chi connectivity index (χ1n) is 10.2. The maximum absolute atomic E-state index is 12.7. The van der Waals surface area contributed by atoms with E-state index in [4.69, 9.17) is 0 Å². The fourth-order valence-corrected chi connectivity index (χ4v) is 4.65. The molecule has 1 aliphatic rings. The average molecular weight is 410 g/mol. The van der Waals surface area contributed by atoms with Crippen LogP contribution in [0.2, 0.25) is 0 Å². The summed E-state index contributed by atoms with van der Waals surface area (Å²) in [5, 5.41) is 9.39. The number of nitrogens with zero attached hydrogens (tertiary/aromatic N) is 4. The van der Waals surface area contributed by atoms with E-state index in [1.54, 1.807) is 22.3 Å². The predicted octanol–water partition coefficient (Wildman–Crippen LogP) is 3.59. The normalized spacial score (nSPS) is 16.6. The Morgan fingerprint density at radius 3 is 2.69 bits per heavy atom. The second-order valence-electron chi connectivity index (χ2n) is 7.75. The van der Waals surface area contributed by atoms with Crippen molar-refractivity contribution in [1.29, 1.82) is 0 Å². The van der Waals surface area contributed by atoms with Crippen LogP contribution < -0.4 is 5.32 Å². The first-order valence-corrected chi connectivity index (χ1v) is 11.0. The van der Waals surface area contributed by atoms with Gasteiger partial charge in [0.1, 0.15) is 12.7 Å². The van der Waals surface area contributed by atoms with Crippen LogP contribution in [0.3, 0.4) is 0 Å². The van der Waals surface area contributed by atoms with Gasteiger partial charge in [0.2, 0.25) is 0 Å². The number of likely N-dealkylation sites (tertiary alicyclic amines) is 1. The number of rotatable bonds is 7. The molecular weight excluding hydrogens is 382 g/mol. The van der Waals surface area contributed by atoms with Gasteiger partial charge in [-0.3, -0.25) is 9.69 Å². The summed E-state index contributed by atoms with van der Waals surface area (Å²) in [7, 11) is 0. The topological polar surface area (TPSA) is 63.1 Å². The van der Waals surface area contributed by atoms with Crippen LogP contribution in [0, 0.1) is 5.92 Å². The van der Waals surface area contributed by atoms with Crippen molar-refractivity contribution >= 4 is 17.2 Å². The summed E-state index contributed by atoms with van der Waals surface area (Å²) in [6.07, 6.45) is 5.66. The van der Waals surface area contributed by atoms with Gasteiger partial charge in [-0.05, 0) is 61.0 Å². The molecule has 2 aromatic heterocycles. The van der Waals surface area contributed by atoms with Crippen molar-refractivity contribution in [3.63, 3.8) is 0 Å². The molecule has 0 saturated carbocycles. The van der Waals surface area contributed by atoms with E-state index in [2.05, 4.69) is 44.7 Å². The van der Waals surface area contributed by atoms with Crippen molar-refractivity contribution < 1.29 is 4.79 Å². The number of carbonyl (C=O) groups is 1. The highest BCUT2D eigenvalue weighted by Gasteiger charge is 2.25. The highest BCUT2D eigenvalue weighted by molar-refractivity contribution is 7.10. The van der Waals surface area contributed by atoms with Crippen molar-refractivity contribution in [2.45, 2.75) is 32.4 Å². The number of piperidine rings is 1. The average Bonchev–Trinajstić information content (AvgIpc) is 3.44. The van der Waals surface area contributed by atoms with Crippen molar-refractivity contribution in [1.82, 2.24) is 25.0 Å².